The lowest BCUT2D eigenvalue weighted by Gasteiger charge is -2.47. The molecule has 2 fully saturated rings. The summed E-state index contributed by atoms with van der Waals surface area (Å²) in [6.07, 6.45) is 7.65. The lowest BCUT2D eigenvalue weighted by molar-refractivity contribution is 0.0977. The highest BCUT2D eigenvalue weighted by Gasteiger charge is 2.37. The minimum Gasteiger partial charge on any atom is -0.376 e. The summed E-state index contributed by atoms with van der Waals surface area (Å²) in [6, 6.07) is 12.2. The van der Waals surface area contributed by atoms with Gasteiger partial charge in [0.05, 0.1) is 35.7 Å². The zero-order valence-corrected chi connectivity index (χ0v) is 24.4. The van der Waals surface area contributed by atoms with Crippen LogP contribution in [0.2, 0.25) is 10.0 Å². The average Bonchev–Trinajstić information content (AvgIpc) is 3.74. The number of benzene rings is 1. The molecule has 0 N–H and O–H groups in total. The van der Waals surface area contributed by atoms with Crippen molar-refractivity contribution in [3.63, 3.8) is 0 Å². The first-order chi connectivity index (χ1) is 20.0. The number of halogens is 2. The molecule has 2 saturated heterocycles. The Morgan fingerprint density at radius 1 is 0.976 bits per heavy atom. The van der Waals surface area contributed by atoms with Crippen LogP contribution in [0.1, 0.15) is 44.0 Å². The molecule has 4 aromatic heterocycles. The maximum absolute atomic E-state index is 6.25. The summed E-state index contributed by atoms with van der Waals surface area (Å²) in [5.74, 6) is 1.39. The highest BCUT2D eigenvalue weighted by atomic mass is 35.5. The first-order valence-corrected chi connectivity index (χ1v) is 14.8. The lowest BCUT2D eigenvalue weighted by atomic mass is 9.96. The first kappa shape index (κ1) is 26.6. The molecule has 0 aliphatic carbocycles. The number of pyridine rings is 1. The Labute approximate surface area is 247 Å². The van der Waals surface area contributed by atoms with Gasteiger partial charge >= 0.3 is 0 Å². The van der Waals surface area contributed by atoms with Gasteiger partial charge in [-0.2, -0.15) is 4.98 Å². The van der Waals surface area contributed by atoms with E-state index in [0.717, 1.165) is 67.3 Å². The van der Waals surface area contributed by atoms with Crippen molar-refractivity contribution < 1.29 is 4.74 Å². The number of piperazine rings is 1. The van der Waals surface area contributed by atoms with Crippen LogP contribution in [0, 0.1) is 0 Å². The molecule has 0 amide bonds. The third kappa shape index (κ3) is 4.92. The molecule has 5 aromatic rings. The van der Waals surface area contributed by atoms with Crippen LogP contribution in [0.5, 0.6) is 0 Å². The highest BCUT2D eigenvalue weighted by Crippen LogP contribution is 2.36. The Bertz CT molecular complexity index is 1620. The van der Waals surface area contributed by atoms with Gasteiger partial charge in [0.15, 0.2) is 11.5 Å². The minimum absolute atomic E-state index is 0.0540. The summed E-state index contributed by atoms with van der Waals surface area (Å²) in [4.78, 5) is 19.4. The average molecular weight is 593 g/mol. The van der Waals surface area contributed by atoms with Crippen LogP contribution in [0.3, 0.4) is 0 Å². The lowest BCUT2D eigenvalue weighted by Crippen LogP contribution is -2.57. The fraction of sp³-hybridized carbons (Fsp3) is 0.414. The van der Waals surface area contributed by atoms with E-state index < -0.39 is 0 Å². The molecule has 12 heteroatoms. The third-order valence-electron chi connectivity index (χ3n) is 8.26. The maximum Gasteiger partial charge on any atom is 0.258 e. The molecule has 0 bridgehead atoms. The molecule has 7 rings (SSSR count). The molecular formula is C29H31Cl2N9O. The van der Waals surface area contributed by atoms with Crippen LogP contribution in [0.25, 0.3) is 16.9 Å². The molecule has 41 heavy (non-hydrogen) atoms. The van der Waals surface area contributed by atoms with E-state index in [1.54, 1.807) is 12.5 Å². The van der Waals surface area contributed by atoms with Crippen molar-refractivity contribution >= 4 is 46.0 Å². The van der Waals surface area contributed by atoms with Gasteiger partial charge in [-0.3, -0.25) is 9.88 Å². The molecule has 6 heterocycles. The zero-order chi connectivity index (χ0) is 28.1. The second-order valence-corrected chi connectivity index (χ2v) is 11.9. The van der Waals surface area contributed by atoms with E-state index in [1.165, 1.54) is 0 Å². The first-order valence-electron chi connectivity index (χ1n) is 14.0. The van der Waals surface area contributed by atoms with Crippen molar-refractivity contribution in [1.29, 1.82) is 0 Å². The molecule has 0 unspecified atom stereocenters. The number of anilines is 1. The number of aromatic nitrogens is 7. The number of nitrogens with zero attached hydrogens (tertiary/aromatic N) is 9. The van der Waals surface area contributed by atoms with Gasteiger partial charge in [0.2, 0.25) is 0 Å². The quantitative estimate of drug-likeness (QED) is 0.271. The standard InChI is InChI=1S/C29H31Cl2N9O/c1-18-14-39(19(2)13-38(18)26(20-5-7-21(30)8-6-20)24-10-9-22(31)12-32-24)27-25-28(40-17-34-36-29(40)35-27)37(16-33-25)15-23-4-3-11-41-23/h5-10,12,16-19,23,26H,3-4,11,13-15H2,1-2H3/t18-,19+,23+,26-/m1/s1. The van der Waals surface area contributed by atoms with Crippen LogP contribution >= 0.6 is 23.2 Å². The van der Waals surface area contributed by atoms with Crippen LogP contribution in [-0.2, 0) is 11.3 Å². The van der Waals surface area contributed by atoms with Gasteiger partial charge in [-0.1, -0.05) is 35.3 Å². The molecule has 0 radical (unpaired) electrons. The maximum atomic E-state index is 6.25. The van der Waals surface area contributed by atoms with Crippen LogP contribution in [-0.4, -0.2) is 76.9 Å². The molecule has 2 aliphatic rings. The molecule has 212 valence electrons. The third-order valence-corrected chi connectivity index (χ3v) is 8.74. The van der Waals surface area contributed by atoms with Gasteiger partial charge in [0, 0.05) is 43.0 Å². The van der Waals surface area contributed by atoms with Gasteiger partial charge < -0.3 is 14.2 Å². The van der Waals surface area contributed by atoms with Crippen molar-refractivity contribution in [2.45, 2.75) is 57.5 Å². The van der Waals surface area contributed by atoms with Crippen molar-refractivity contribution in [2.75, 3.05) is 24.6 Å². The summed E-state index contributed by atoms with van der Waals surface area (Å²) in [7, 11) is 0. The summed E-state index contributed by atoms with van der Waals surface area (Å²) in [5.41, 5.74) is 3.87. The minimum atomic E-state index is -0.0540. The number of hydrogen-bond acceptors (Lipinski definition) is 8. The van der Waals surface area contributed by atoms with Gasteiger partial charge in [0.25, 0.3) is 5.78 Å². The number of fused-ring (bicyclic) bond motifs is 3. The van der Waals surface area contributed by atoms with Crippen molar-refractivity contribution in [3.8, 4) is 0 Å². The Morgan fingerprint density at radius 3 is 2.56 bits per heavy atom. The van der Waals surface area contributed by atoms with E-state index in [4.69, 9.17) is 42.9 Å². The van der Waals surface area contributed by atoms with Crippen LogP contribution in [0.4, 0.5) is 5.82 Å². The molecule has 0 spiro atoms. The normalized spacial score (nSPS) is 22.6. The van der Waals surface area contributed by atoms with Crippen LogP contribution < -0.4 is 4.90 Å². The highest BCUT2D eigenvalue weighted by molar-refractivity contribution is 6.30. The summed E-state index contributed by atoms with van der Waals surface area (Å²) in [5, 5.41) is 9.81. The molecule has 1 aromatic carbocycles. The monoisotopic (exact) mass is 591 g/mol. The molecule has 2 aliphatic heterocycles. The zero-order valence-electron chi connectivity index (χ0n) is 22.9. The van der Waals surface area contributed by atoms with E-state index in [-0.39, 0.29) is 24.2 Å². The van der Waals surface area contributed by atoms with Gasteiger partial charge in [-0.05, 0) is 56.5 Å². The summed E-state index contributed by atoms with van der Waals surface area (Å²) >= 11 is 12.5. The summed E-state index contributed by atoms with van der Waals surface area (Å²) in [6.45, 7) is 7.58. The number of ether oxygens (including phenoxy) is 1. The van der Waals surface area contributed by atoms with E-state index in [2.05, 4.69) is 50.5 Å². The Hall–Kier alpha value is -3.31. The summed E-state index contributed by atoms with van der Waals surface area (Å²) < 4.78 is 10.0. The largest absolute Gasteiger partial charge is 0.376 e. The van der Waals surface area contributed by atoms with Gasteiger partial charge in [0.1, 0.15) is 11.8 Å². The second-order valence-electron chi connectivity index (χ2n) is 11.0. The Kier molecular flexibility index (Phi) is 7.02. The van der Waals surface area contributed by atoms with E-state index in [1.807, 2.05) is 35.0 Å². The van der Waals surface area contributed by atoms with E-state index >= 15 is 0 Å². The number of hydrogen-bond donors (Lipinski definition) is 0. The molecule has 0 saturated carbocycles. The van der Waals surface area contributed by atoms with E-state index in [0.29, 0.717) is 15.8 Å². The molecule has 4 atom stereocenters. The molecular weight excluding hydrogens is 561 g/mol. The van der Waals surface area contributed by atoms with Crippen LogP contribution in [0.15, 0.2) is 55.2 Å². The van der Waals surface area contributed by atoms with Gasteiger partial charge in [-0.15, -0.1) is 10.2 Å². The fourth-order valence-electron chi connectivity index (χ4n) is 6.26. The SMILES string of the molecule is C[C@@H]1CN(c2nc3nncn3c3c2ncn3C[C@@H]2CCCO2)[C@@H](C)CN1[C@H](c1ccc(Cl)cc1)c1ccc(Cl)cn1. The Balaban J connectivity index is 1.24. The molecule has 10 nitrogen and oxygen atoms in total. The van der Waals surface area contributed by atoms with Gasteiger partial charge in [-0.25, -0.2) is 9.38 Å². The van der Waals surface area contributed by atoms with Crippen molar-refractivity contribution in [3.05, 3.63) is 76.6 Å². The second kappa shape index (κ2) is 10.8. The Morgan fingerprint density at radius 2 is 1.80 bits per heavy atom. The smallest absolute Gasteiger partial charge is 0.258 e. The number of imidazole rings is 1. The van der Waals surface area contributed by atoms with E-state index in [9.17, 15) is 0 Å². The predicted molar refractivity (Wildman–Crippen MR) is 159 cm³/mol. The topological polar surface area (TPSA) is 89.5 Å². The number of rotatable bonds is 6. The van der Waals surface area contributed by atoms with Crippen molar-refractivity contribution in [1.82, 2.24) is 39.0 Å². The fourth-order valence-corrected chi connectivity index (χ4v) is 6.50. The van der Waals surface area contributed by atoms with Crippen molar-refractivity contribution in [2.24, 2.45) is 0 Å². The predicted octanol–water partition coefficient (Wildman–Crippen LogP) is 5.04.